The molecule has 0 saturated carbocycles. The van der Waals surface area contributed by atoms with E-state index in [9.17, 15) is 9.90 Å². The Morgan fingerprint density at radius 3 is 3.00 bits per heavy atom. The molecule has 1 aromatic carbocycles. The zero-order valence-electron chi connectivity index (χ0n) is 6.73. The van der Waals surface area contributed by atoms with Crippen LogP contribution >= 0.6 is 0 Å². The molecule has 1 aromatic rings. The van der Waals surface area contributed by atoms with E-state index in [4.69, 9.17) is 9.84 Å². The Morgan fingerprint density at radius 2 is 2.31 bits per heavy atom. The van der Waals surface area contributed by atoms with Crippen LogP contribution in [0.3, 0.4) is 0 Å². The Balaban J connectivity index is 2.47. The van der Waals surface area contributed by atoms with Crippen molar-refractivity contribution in [3.05, 3.63) is 29.3 Å². The number of hydrogen-bond acceptors (Lipinski definition) is 3. The molecule has 0 saturated heterocycles. The second-order valence-electron chi connectivity index (χ2n) is 2.88. The standard InChI is InChI=1S/C9H8O4/c10-7-4-13-8-2-1-5(9(11)12)3-6(7)8/h1-3,7,10H,4H2,(H,11,12). The molecule has 0 bridgehead atoms. The highest BCUT2D eigenvalue weighted by atomic mass is 16.5. The van der Waals surface area contributed by atoms with E-state index in [-0.39, 0.29) is 12.2 Å². The van der Waals surface area contributed by atoms with Gasteiger partial charge in [0, 0.05) is 5.56 Å². The first-order chi connectivity index (χ1) is 6.18. The van der Waals surface area contributed by atoms with Crippen molar-refractivity contribution in [1.82, 2.24) is 0 Å². The van der Waals surface area contributed by atoms with E-state index in [0.29, 0.717) is 11.3 Å². The quantitative estimate of drug-likeness (QED) is 0.671. The van der Waals surface area contributed by atoms with Gasteiger partial charge in [0.05, 0.1) is 5.56 Å². The third-order valence-corrected chi connectivity index (χ3v) is 2.01. The Morgan fingerprint density at radius 1 is 1.54 bits per heavy atom. The van der Waals surface area contributed by atoms with Gasteiger partial charge in [0.25, 0.3) is 0 Å². The van der Waals surface area contributed by atoms with Crippen LogP contribution in [0.25, 0.3) is 0 Å². The summed E-state index contributed by atoms with van der Waals surface area (Å²) in [6, 6.07) is 4.46. The van der Waals surface area contributed by atoms with Gasteiger partial charge in [-0.2, -0.15) is 0 Å². The normalized spacial score (nSPS) is 19.3. The molecular formula is C9H8O4. The lowest BCUT2D eigenvalue weighted by Gasteiger charge is -2.00. The number of carbonyl (C=O) groups is 1. The first kappa shape index (κ1) is 8.07. The molecular weight excluding hydrogens is 172 g/mol. The van der Waals surface area contributed by atoms with Crippen molar-refractivity contribution in [3.63, 3.8) is 0 Å². The van der Waals surface area contributed by atoms with Gasteiger partial charge >= 0.3 is 5.97 Å². The Hall–Kier alpha value is -1.55. The van der Waals surface area contributed by atoms with Crippen LogP contribution in [0.1, 0.15) is 22.0 Å². The molecule has 2 N–H and O–H groups in total. The lowest BCUT2D eigenvalue weighted by Crippen LogP contribution is -1.99. The molecule has 0 spiro atoms. The van der Waals surface area contributed by atoms with E-state index in [0.717, 1.165) is 0 Å². The molecule has 68 valence electrons. The van der Waals surface area contributed by atoms with Gasteiger partial charge in [-0.05, 0) is 18.2 Å². The molecule has 1 aliphatic heterocycles. The van der Waals surface area contributed by atoms with E-state index in [1.165, 1.54) is 12.1 Å². The number of carboxylic acid groups (broad SMARTS) is 1. The molecule has 0 aromatic heterocycles. The van der Waals surface area contributed by atoms with Crippen molar-refractivity contribution < 1.29 is 19.7 Å². The number of carboxylic acids is 1. The van der Waals surface area contributed by atoms with Crippen molar-refractivity contribution >= 4 is 5.97 Å². The molecule has 0 aliphatic carbocycles. The van der Waals surface area contributed by atoms with Gasteiger partial charge in [0.2, 0.25) is 0 Å². The molecule has 1 heterocycles. The Bertz CT molecular complexity index is 359. The van der Waals surface area contributed by atoms with E-state index < -0.39 is 12.1 Å². The molecule has 13 heavy (non-hydrogen) atoms. The van der Waals surface area contributed by atoms with Crippen LogP contribution in [0.15, 0.2) is 18.2 Å². The van der Waals surface area contributed by atoms with Gasteiger partial charge < -0.3 is 14.9 Å². The number of aliphatic hydroxyl groups is 1. The summed E-state index contributed by atoms with van der Waals surface area (Å²) in [6.07, 6.45) is -0.700. The van der Waals surface area contributed by atoms with Crippen molar-refractivity contribution in [2.75, 3.05) is 6.61 Å². The maximum atomic E-state index is 10.6. The predicted octanol–water partition coefficient (Wildman–Crippen LogP) is 0.811. The summed E-state index contributed by atoms with van der Waals surface area (Å²) >= 11 is 0. The van der Waals surface area contributed by atoms with Gasteiger partial charge in [-0.15, -0.1) is 0 Å². The van der Waals surface area contributed by atoms with E-state index >= 15 is 0 Å². The van der Waals surface area contributed by atoms with Gasteiger partial charge in [-0.25, -0.2) is 4.79 Å². The lowest BCUT2D eigenvalue weighted by atomic mass is 10.1. The van der Waals surface area contributed by atoms with Crippen LogP contribution in [-0.2, 0) is 0 Å². The fraction of sp³-hybridized carbons (Fsp3) is 0.222. The van der Waals surface area contributed by atoms with Crippen molar-refractivity contribution in [3.8, 4) is 5.75 Å². The summed E-state index contributed by atoms with van der Waals surface area (Å²) in [5.74, 6) is -0.431. The SMILES string of the molecule is O=C(O)c1ccc2c(c1)C(O)CO2. The fourth-order valence-corrected chi connectivity index (χ4v) is 1.33. The van der Waals surface area contributed by atoms with Crippen LogP contribution in [0.4, 0.5) is 0 Å². The number of rotatable bonds is 1. The smallest absolute Gasteiger partial charge is 0.335 e. The molecule has 0 amide bonds. The zero-order chi connectivity index (χ0) is 9.42. The third kappa shape index (κ3) is 1.25. The first-order valence-corrected chi connectivity index (χ1v) is 3.86. The molecule has 4 nitrogen and oxygen atoms in total. The minimum Gasteiger partial charge on any atom is -0.490 e. The number of benzene rings is 1. The highest BCUT2D eigenvalue weighted by Crippen LogP contribution is 2.32. The number of aromatic carboxylic acids is 1. The van der Waals surface area contributed by atoms with E-state index in [1.54, 1.807) is 6.07 Å². The Labute approximate surface area is 74.4 Å². The summed E-state index contributed by atoms with van der Waals surface area (Å²) in [6.45, 7) is 0.207. The highest BCUT2D eigenvalue weighted by Gasteiger charge is 2.22. The lowest BCUT2D eigenvalue weighted by molar-refractivity contribution is 0.0696. The van der Waals surface area contributed by atoms with E-state index in [2.05, 4.69) is 0 Å². The summed E-state index contributed by atoms with van der Waals surface area (Å²) < 4.78 is 5.10. The summed E-state index contributed by atoms with van der Waals surface area (Å²) in [7, 11) is 0. The minimum atomic E-state index is -0.998. The average Bonchev–Trinajstić information content (AvgIpc) is 2.47. The van der Waals surface area contributed by atoms with Gasteiger partial charge in [0.1, 0.15) is 18.5 Å². The monoisotopic (exact) mass is 180 g/mol. The topological polar surface area (TPSA) is 66.8 Å². The molecule has 1 aliphatic rings. The summed E-state index contributed by atoms with van der Waals surface area (Å²) in [5.41, 5.74) is 0.725. The average molecular weight is 180 g/mol. The van der Waals surface area contributed by atoms with Crippen LogP contribution in [0.2, 0.25) is 0 Å². The molecule has 4 heteroatoms. The Kier molecular flexibility index (Phi) is 1.70. The van der Waals surface area contributed by atoms with E-state index in [1.807, 2.05) is 0 Å². The number of ether oxygens (including phenoxy) is 1. The molecule has 1 unspecified atom stereocenters. The third-order valence-electron chi connectivity index (χ3n) is 2.01. The molecule has 1 atom stereocenters. The zero-order valence-corrected chi connectivity index (χ0v) is 6.73. The molecule has 0 radical (unpaired) electrons. The summed E-state index contributed by atoms with van der Waals surface area (Å²) in [5, 5.41) is 18.0. The maximum Gasteiger partial charge on any atom is 0.335 e. The van der Waals surface area contributed by atoms with Crippen LogP contribution < -0.4 is 4.74 Å². The van der Waals surface area contributed by atoms with Gasteiger partial charge in [0.15, 0.2) is 0 Å². The highest BCUT2D eigenvalue weighted by molar-refractivity contribution is 5.88. The van der Waals surface area contributed by atoms with Crippen molar-refractivity contribution in [2.45, 2.75) is 6.10 Å². The number of fused-ring (bicyclic) bond motifs is 1. The largest absolute Gasteiger partial charge is 0.490 e. The predicted molar refractivity (Wildman–Crippen MR) is 43.9 cm³/mol. The van der Waals surface area contributed by atoms with Crippen molar-refractivity contribution in [2.24, 2.45) is 0 Å². The van der Waals surface area contributed by atoms with Crippen LogP contribution in [0, 0.1) is 0 Å². The van der Waals surface area contributed by atoms with Gasteiger partial charge in [-0.1, -0.05) is 0 Å². The second kappa shape index (κ2) is 2.74. The second-order valence-corrected chi connectivity index (χ2v) is 2.88. The summed E-state index contributed by atoms with van der Waals surface area (Å²) in [4.78, 5) is 10.6. The van der Waals surface area contributed by atoms with Crippen LogP contribution in [-0.4, -0.2) is 22.8 Å². The van der Waals surface area contributed by atoms with Crippen molar-refractivity contribution in [1.29, 1.82) is 0 Å². The number of hydrogen-bond donors (Lipinski definition) is 2. The number of aliphatic hydroxyl groups excluding tert-OH is 1. The fourth-order valence-electron chi connectivity index (χ4n) is 1.33. The molecule has 2 rings (SSSR count). The van der Waals surface area contributed by atoms with Crippen LogP contribution in [0.5, 0.6) is 5.75 Å². The first-order valence-electron chi connectivity index (χ1n) is 3.86. The minimum absolute atomic E-state index is 0.170. The maximum absolute atomic E-state index is 10.6. The molecule has 0 fully saturated rings. The van der Waals surface area contributed by atoms with Gasteiger partial charge in [-0.3, -0.25) is 0 Å².